The van der Waals surface area contributed by atoms with E-state index < -0.39 is 5.97 Å². The molecule has 0 radical (unpaired) electrons. The number of nitrogens with one attached hydrogen (secondary N) is 1. The highest BCUT2D eigenvalue weighted by atomic mass is 32.2. The summed E-state index contributed by atoms with van der Waals surface area (Å²) in [7, 11) is 4.57. The molecule has 0 aliphatic rings. The highest BCUT2D eigenvalue weighted by molar-refractivity contribution is 8.01. The molecule has 1 heterocycles. The molecule has 2 aromatic rings. The lowest BCUT2D eigenvalue weighted by Crippen LogP contribution is -2.29. The summed E-state index contributed by atoms with van der Waals surface area (Å²) in [6, 6.07) is 6.82. The lowest BCUT2D eigenvalue weighted by Gasteiger charge is -2.19. The Labute approximate surface area is 159 Å². The molecular formula is C16H20N4O4S2. The van der Waals surface area contributed by atoms with Crippen LogP contribution in [0.2, 0.25) is 0 Å². The van der Waals surface area contributed by atoms with Gasteiger partial charge < -0.3 is 19.7 Å². The van der Waals surface area contributed by atoms with E-state index in [1.165, 1.54) is 35.1 Å². The predicted molar refractivity (Wildman–Crippen MR) is 102 cm³/mol. The highest BCUT2D eigenvalue weighted by Gasteiger charge is 2.19. The summed E-state index contributed by atoms with van der Waals surface area (Å²) in [5, 5.41) is 11.8. The van der Waals surface area contributed by atoms with Crippen molar-refractivity contribution in [3.63, 3.8) is 0 Å². The number of thioether (sulfide) groups is 1. The summed E-state index contributed by atoms with van der Waals surface area (Å²) in [5.41, 5.74) is 0.848. The SMILES string of the molecule is COCCNc1nnc(SCC(=O)N(C)c2ccccc2C(=O)OC)s1. The van der Waals surface area contributed by atoms with Crippen LogP contribution in [0, 0.1) is 0 Å². The second-order valence-electron chi connectivity index (χ2n) is 5.04. The summed E-state index contributed by atoms with van der Waals surface area (Å²) >= 11 is 2.67. The molecule has 0 aliphatic carbocycles. The van der Waals surface area contributed by atoms with Crippen molar-refractivity contribution < 1.29 is 19.1 Å². The monoisotopic (exact) mass is 396 g/mol. The molecular weight excluding hydrogens is 376 g/mol. The number of hydrogen-bond donors (Lipinski definition) is 1. The molecule has 1 amide bonds. The van der Waals surface area contributed by atoms with Crippen molar-refractivity contribution in [3.8, 4) is 0 Å². The van der Waals surface area contributed by atoms with Crippen LogP contribution in [0.3, 0.4) is 0 Å². The number of rotatable bonds is 9. The number of anilines is 2. The van der Waals surface area contributed by atoms with E-state index >= 15 is 0 Å². The smallest absolute Gasteiger partial charge is 0.339 e. The molecule has 1 N–H and O–H groups in total. The molecule has 0 bridgehead atoms. The van der Waals surface area contributed by atoms with Crippen LogP contribution in [0.15, 0.2) is 28.6 Å². The van der Waals surface area contributed by atoms with Crippen LogP contribution in [-0.4, -0.2) is 62.2 Å². The number of esters is 1. The normalized spacial score (nSPS) is 10.4. The summed E-state index contributed by atoms with van der Waals surface area (Å²) in [5.74, 6) is -0.460. The molecule has 140 valence electrons. The first kappa shape index (κ1) is 20.1. The Bertz CT molecular complexity index is 753. The number of carbonyl (C=O) groups excluding carboxylic acids is 2. The molecule has 26 heavy (non-hydrogen) atoms. The Hall–Kier alpha value is -2.17. The van der Waals surface area contributed by atoms with Gasteiger partial charge in [0.1, 0.15) is 0 Å². The highest BCUT2D eigenvalue weighted by Crippen LogP contribution is 2.27. The maximum atomic E-state index is 12.5. The largest absolute Gasteiger partial charge is 0.465 e. The summed E-state index contributed by atoms with van der Waals surface area (Å²) in [4.78, 5) is 25.8. The van der Waals surface area contributed by atoms with Crippen molar-refractivity contribution in [1.82, 2.24) is 10.2 Å². The number of hydrogen-bond acceptors (Lipinski definition) is 9. The van der Waals surface area contributed by atoms with Crippen molar-refractivity contribution >= 4 is 45.8 Å². The first-order valence-corrected chi connectivity index (χ1v) is 9.50. The quantitative estimate of drug-likeness (QED) is 0.391. The molecule has 8 nitrogen and oxygen atoms in total. The van der Waals surface area contributed by atoms with Crippen LogP contribution in [0.5, 0.6) is 0 Å². The number of ether oxygens (including phenoxy) is 2. The Morgan fingerprint density at radius 2 is 2.04 bits per heavy atom. The third-order valence-electron chi connectivity index (χ3n) is 3.35. The van der Waals surface area contributed by atoms with Crippen LogP contribution >= 0.6 is 23.1 Å². The third-order valence-corrected chi connectivity index (χ3v) is 5.35. The molecule has 0 saturated heterocycles. The van der Waals surface area contributed by atoms with Crippen molar-refractivity contribution in [2.75, 3.05) is 50.4 Å². The topological polar surface area (TPSA) is 93.6 Å². The number of para-hydroxylation sites is 1. The van der Waals surface area contributed by atoms with Gasteiger partial charge in [-0.3, -0.25) is 4.79 Å². The van der Waals surface area contributed by atoms with Crippen molar-refractivity contribution in [2.24, 2.45) is 0 Å². The number of methoxy groups -OCH3 is 2. The van der Waals surface area contributed by atoms with Gasteiger partial charge in [-0.25, -0.2) is 4.79 Å². The van der Waals surface area contributed by atoms with Gasteiger partial charge in [0.2, 0.25) is 11.0 Å². The van der Waals surface area contributed by atoms with Gasteiger partial charge in [0.05, 0.1) is 30.7 Å². The maximum absolute atomic E-state index is 12.5. The third kappa shape index (κ3) is 5.41. The van der Waals surface area contributed by atoms with Crippen molar-refractivity contribution in [3.05, 3.63) is 29.8 Å². The van der Waals surface area contributed by atoms with Crippen LogP contribution in [0.25, 0.3) is 0 Å². The van der Waals surface area contributed by atoms with Gasteiger partial charge in [-0.15, -0.1) is 10.2 Å². The number of carbonyl (C=O) groups is 2. The average molecular weight is 396 g/mol. The second kappa shape index (κ2) is 10.1. The Morgan fingerprint density at radius 1 is 1.27 bits per heavy atom. The lowest BCUT2D eigenvalue weighted by atomic mass is 10.1. The molecule has 1 aromatic heterocycles. The number of benzene rings is 1. The van der Waals surface area contributed by atoms with E-state index in [0.717, 1.165) is 0 Å². The van der Waals surface area contributed by atoms with Crippen LogP contribution < -0.4 is 10.2 Å². The molecule has 0 atom stereocenters. The molecule has 1 aromatic carbocycles. The number of nitrogens with zero attached hydrogens (tertiary/aromatic N) is 3. The summed E-state index contributed by atoms with van der Waals surface area (Å²) in [6.07, 6.45) is 0. The number of amides is 1. The minimum absolute atomic E-state index is 0.157. The fraction of sp³-hybridized carbons (Fsp3) is 0.375. The summed E-state index contributed by atoms with van der Waals surface area (Å²) < 4.78 is 10.4. The standard InChI is InChI=1S/C16H20N4O4S2/c1-20(12-7-5-4-6-11(12)14(22)24-3)13(21)10-25-16-19-18-15(26-16)17-8-9-23-2/h4-7H,8-10H2,1-3H3,(H,17,18). The van der Waals surface area contributed by atoms with Crippen molar-refractivity contribution in [2.45, 2.75) is 4.34 Å². The molecule has 0 aliphatic heterocycles. The fourth-order valence-corrected chi connectivity index (χ4v) is 3.69. The van der Waals surface area contributed by atoms with E-state index in [0.29, 0.717) is 33.9 Å². The Balaban J connectivity index is 1.95. The van der Waals surface area contributed by atoms with Gasteiger partial charge in [-0.1, -0.05) is 35.2 Å². The van der Waals surface area contributed by atoms with Crippen LogP contribution in [-0.2, 0) is 14.3 Å². The second-order valence-corrected chi connectivity index (χ2v) is 7.24. The van der Waals surface area contributed by atoms with Gasteiger partial charge in [0.25, 0.3) is 0 Å². The first-order chi connectivity index (χ1) is 12.6. The predicted octanol–water partition coefficient (Wildman–Crippen LogP) is 2.14. The van der Waals surface area contributed by atoms with Gasteiger partial charge in [0, 0.05) is 20.7 Å². The maximum Gasteiger partial charge on any atom is 0.339 e. The molecule has 0 spiro atoms. The van der Waals surface area contributed by atoms with E-state index in [1.54, 1.807) is 38.4 Å². The molecule has 0 fully saturated rings. The van der Waals surface area contributed by atoms with Crippen LogP contribution in [0.1, 0.15) is 10.4 Å². The van der Waals surface area contributed by atoms with E-state index in [9.17, 15) is 9.59 Å². The zero-order valence-corrected chi connectivity index (χ0v) is 16.4. The van der Waals surface area contributed by atoms with Crippen molar-refractivity contribution in [1.29, 1.82) is 0 Å². The first-order valence-electron chi connectivity index (χ1n) is 7.69. The minimum Gasteiger partial charge on any atom is -0.465 e. The zero-order valence-electron chi connectivity index (χ0n) is 14.7. The van der Waals surface area contributed by atoms with E-state index in [2.05, 4.69) is 15.5 Å². The van der Waals surface area contributed by atoms with Gasteiger partial charge in [-0.2, -0.15) is 0 Å². The van der Waals surface area contributed by atoms with E-state index in [1.807, 2.05) is 0 Å². The Kier molecular flexibility index (Phi) is 7.82. The molecule has 0 unspecified atom stereocenters. The Morgan fingerprint density at radius 3 is 2.77 bits per heavy atom. The fourth-order valence-electron chi connectivity index (χ4n) is 2.00. The molecule has 10 heteroatoms. The lowest BCUT2D eigenvalue weighted by molar-refractivity contribution is -0.115. The molecule has 0 saturated carbocycles. The average Bonchev–Trinajstić information content (AvgIpc) is 3.13. The van der Waals surface area contributed by atoms with E-state index in [4.69, 9.17) is 9.47 Å². The zero-order chi connectivity index (χ0) is 18.9. The summed E-state index contributed by atoms with van der Waals surface area (Å²) in [6.45, 7) is 1.22. The minimum atomic E-state index is -0.483. The van der Waals surface area contributed by atoms with Crippen LogP contribution in [0.4, 0.5) is 10.8 Å². The van der Waals surface area contributed by atoms with Gasteiger partial charge >= 0.3 is 5.97 Å². The van der Waals surface area contributed by atoms with Gasteiger partial charge in [0.15, 0.2) is 4.34 Å². The molecule has 2 rings (SSSR count). The van der Waals surface area contributed by atoms with Gasteiger partial charge in [-0.05, 0) is 12.1 Å². The number of aromatic nitrogens is 2. The van der Waals surface area contributed by atoms with E-state index in [-0.39, 0.29) is 11.7 Å².